The summed E-state index contributed by atoms with van der Waals surface area (Å²) >= 11 is 0. The smallest absolute Gasteiger partial charge is 0.120 e. The Morgan fingerprint density at radius 1 is 1.26 bits per heavy atom. The van der Waals surface area contributed by atoms with Crippen molar-refractivity contribution in [3.05, 3.63) is 29.8 Å². The molecule has 0 fully saturated rings. The van der Waals surface area contributed by atoms with E-state index in [1.54, 1.807) is 6.92 Å². The maximum Gasteiger partial charge on any atom is 0.120 e. The summed E-state index contributed by atoms with van der Waals surface area (Å²) in [5.74, 6) is 0.940. The molecule has 19 heavy (non-hydrogen) atoms. The molecule has 0 aliphatic carbocycles. The Morgan fingerprint density at radius 3 is 2.47 bits per heavy atom. The highest BCUT2D eigenvalue weighted by atomic mass is 16.5. The van der Waals surface area contributed by atoms with Gasteiger partial charge in [-0.1, -0.05) is 6.08 Å². The second kappa shape index (κ2) is 6.62. The van der Waals surface area contributed by atoms with Crippen molar-refractivity contribution in [2.75, 3.05) is 18.5 Å². The second-order valence-electron chi connectivity index (χ2n) is 5.13. The van der Waals surface area contributed by atoms with Crippen LogP contribution >= 0.6 is 0 Å². The average Bonchev–Trinajstić information content (AvgIpc) is 2.30. The third kappa shape index (κ3) is 4.28. The van der Waals surface area contributed by atoms with Crippen LogP contribution < -0.4 is 10.1 Å². The summed E-state index contributed by atoms with van der Waals surface area (Å²) in [6.07, 6.45) is 2.26. The lowest BCUT2D eigenvalue weighted by Crippen LogP contribution is -2.31. The first-order chi connectivity index (χ1) is 8.93. The Kier molecular flexibility index (Phi) is 5.43. The van der Waals surface area contributed by atoms with Crippen LogP contribution in [0.3, 0.4) is 0 Å². The van der Waals surface area contributed by atoms with Gasteiger partial charge in [0.2, 0.25) is 0 Å². The van der Waals surface area contributed by atoms with Crippen molar-refractivity contribution in [3.63, 3.8) is 0 Å². The van der Waals surface area contributed by atoms with Crippen LogP contribution in [0, 0.1) is 0 Å². The molecule has 0 bridgehead atoms. The minimum atomic E-state index is 0.0320. The first-order valence-corrected chi connectivity index (χ1v) is 6.79. The molecule has 1 aromatic rings. The highest BCUT2D eigenvalue weighted by molar-refractivity contribution is 5.80. The molecule has 0 saturated carbocycles. The topological polar surface area (TPSA) is 41.5 Å². The number of fused-ring (bicyclic) bond motifs is 1. The predicted octanol–water partition coefficient (Wildman–Crippen LogP) is 3.69. The lowest BCUT2D eigenvalue weighted by atomic mass is 9.91. The Morgan fingerprint density at radius 2 is 1.89 bits per heavy atom. The molecular weight excluding hydrogens is 238 g/mol. The fraction of sp³-hybridized carbons (Fsp3) is 0.500. The van der Waals surface area contributed by atoms with Crippen LogP contribution in [0.5, 0.6) is 5.75 Å². The highest BCUT2D eigenvalue weighted by Crippen LogP contribution is 2.35. The summed E-state index contributed by atoms with van der Waals surface area (Å²) in [6, 6.07) is 6.22. The second-order valence-corrected chi connectivity index (χ2v) is 5.13. The number of rotatable bonds is 2. The van der Waals surface area contributed by atoms with Crippen molar-refractivity contribution >= 4 is 11.3 Å². The number of hydrogen-bond acceptors (Lipinski definition) is 3. The molecule has 1 aliphatic heterocycles. The summed E-state index contributed by atoms with van der Waals surface area (Å²) in [5.41, 5.74) is 3.77. The maximum absolute atomic E-state index is 7.57. The van der Waals surface area contributed by atoms with Gasteiger partial charge in [0.05, 0.1) is 12.1 Å². The molecule has 1 aliphatic rings. The monoisotopic (exact) mass is 263 g/mol. The van der Waals surface area contributed by atoms with Gasteiger partial charge in [0.25, 0.3) is 0 Å². The number of aliphatic hydroxyl groups excluding tert-OH is 1. The molecule has 1 heterocycles. The average molecular weight is 263 g/mol. The van der Waals surface area contributed by atoms with Gasteiger partial charge in [0.1, 0.15) is 5.75 Å². The predicted molar refractivity (Wildman–Crippen MR) is 81.7 cm³/mol. The summed E-state index contributed by atoms with van der Waals surface area (Å²) in [7, 11) is 0. The zero-order valence-electron chi connectivity index (χ0n) is 12.6. The lowest BCUT2D eigenvalue weighted by molar-refractivity contribution is 0.318. The van der Waals surface area contributed by atoms with Gasteiger partial charge in [-0.15, -0.1) is 0 Å². The van der Waals surface area contributed by atoms with E-state index < -0.39 is 0 Å². The maximum atomic E-state index is 7.57. The normalized spacial score (nSPS) is 15.4. The number of anilines is 1. The number of nitrogens with one attached hydrogen (secondary N) is 1. The van der Waals surface area contributed by atoms with Crippen molar-refractivity contribution in [3.8, 4) is 5.75 Å². The Hall–Kier alpha value is -1.48. The zero-order valence-corrected chi connectivity index (χ0v) is 12.6. The van der Waals surface area contributed by atoms with Crippen LogP contribution in [-0.2, 0) is 0 Å². The summed E-state index contributed by atoms with van der Waals surface area (Å²) in [6.45, 7) is 11.1. The SMILES string of the molecule is CCO.CCOc1ccc2c(c1)C(C)=CC(C)(C)N2. The molecule has 106 valence electrons. The van der Waals surface area contributed by atoms with E-state index in [1.165, 1.54) is 16.8 Å². The molecule has 0 saturated heterocycles. The first-order valence-electron chi connectivity index (χ1n) is 6.79. The number of allylic oxidation sites excluding steroid dienone is 1. The minimum absolute atomic E-state index is 0.0320. The third-order valence-corrected chi connectivity index (χ3v) is 2.76. The van der Waals surface area contributed by atoms with Crippen LogP contribution in [0.25, 0.3) is 5.57 Å². The van der Waals surface area contributed by atoms with Gasteiger partial charge < -0.3 is 15.2 Å². The van der Waals surface area contributed by atoms with Crippen LogP contribution in [0.15, 0.2) is 24.3 Å². The molecule has 1 aromatic carbocycles. The summed E-state index contributed by atoms with van der Waals surface area (Å²) in [4.78, 5) is 0. The molecule has 0 spiro atoms. The molecule has 2 N–H and O–H groups in total. The van der Waals surface area contributed by atoms with E-state index in [-0.39, 0.29) is 12.1 Å². The van der Waals surface area contributed by atoms with Crippen molar-refractivity contribution < 1.29 is 9.84 Å². The highest BCUT2D eigenvalue weighted by Gasteiger charge is 2.22. The molecule has 2 rings (SSSR count). The number of aliphatic hydroxyl groups is 1. The van der Waals surface area contributed by atoms with Crippen molar-refractivity contribution in [2.24, 2.45) is 0 Å². The van der Waals surface area contributed by atoms with Crippen LogP contribution in [0.1, 0.15) is 40.2 Å². The van der Waals surface area contributed by atoms with Crippen molar-refractivity contribution in [1.29, 1.82) is 0 Å². The summed E-state index contributed by atoms with van der Waals surface area (Å²) < 4.78 is 5.52. The van der Waals surface area contributed by atoms with E-state index in [9.17, 15) is 0 Å². The minimum Gasteiger partial charge on any atom is -0.494 e. The molecule has 0 radical (unpaired) electrons. The van der Waals surface area contributed by atoms with E-state index in [0.29, 0.717) is 6.61 Å². The van der Waals surface area contributed by atoms with E-state index in [4.69, 9.17) is 9.84 Å². The first kappa shape index (κ1) is 15.6. The molecule has 0 aromatic heterocycles. The van der Waals surface area contributed by atoms with E-state index in [0.717, 1.165) is 5.75 Å². The van der Waals surface area contributed by atoms with Gasteiger partial charge in [0.15, 0.2) is 0 Å². The van der Waals surface area contributed by atoms with Gasteiger partial charge >= 0.3 is 0 Å². The fourth-order valence-electron chi connectivity index (χ4n) is 2.22. The largest absolute Gasteiger partial charge is 0.494 e. The molecule has 0 amide bonds. The van der Waals surface area contributed by atoms with E-state index in [1.807, 2.05) is 13.0 Å². The van der Waals surface area contributed by atoms with Crippen molar-refractivity contribution in [1.82, 2.24) is 0 Å². The Balaban J connectivity index is 0.000000550. The van der Waals surface area contributed by atoms with Gasteiger partial charge in [-0.2, -0.15) is 0 Å². The Bertz CT molecular complexity index is 450. The standard InChI is InChI=1S/C14H19NO.C2H6O/c1-5-16-11-6-7-13-12(8-11)10(2)9-14(3,4)15-13;1-2-3/h6-9,15H,5H2,1-4H3;3H,2H2,1H3. The van der Waals surface area contributed by atoms with Gasteiger partial charge in [-0.05, 0) is 58.4 Å². The van der Waals surface area contributed by atoms with E-state index in [2.05, 4.69) is 44.3 Å². The third-order valence-electron chi connectivity index (χ3n) is 2.76. The molecule has 0 unspecified atom stereocenters. The molecule has 0 atom stereocenters. The quantitative estimate of drug-likeness (QED) is 0.855. The van der Waals surface area contributed by atoms with Crippen LogP contribution in [0.4, 0.5) is 5.69 Å². The fourth-order valence-corrected chi connectivity index (χ4v) is 2.22. The molecular formula is C16H25NO2. The van der Waals surface area contributed by atoms with Gasteiger partial charge in [0, 0.05) is 17.9 Å². The number of hydrogen-bond donors (Lipinski definition) is 2. The van der Waals surface area contributed by atoms with Gasteiger partial charge in [-0.3, -0.25) is 0 Å². The molecule has 3 heteroatoms. The lowest BCUT2D eigenvalue weighted by Gasteiger charge is -2.31. The zero-order chi connectivity index (χ0) is 14.5. The van der Waals surface area contributed by atoms with Crippen molar-refractivity contribution in [2.45, 2.75) is 40.2 Å². The molecule has 3 nitrogen and oxygen atoms in total. The number of ether oxygens (including phenoxy) is 1. The Labute approximate surface area is 116 Å². The van der Waals surface area contributed by atoms with E-state index >= 15 is 0 Å². The summed E-state index contributed by atoms with van der Waals surface area (Å²) in [5, 5.41) is 11.1. The van der Waals surface area contributed by atoms with Gasteiger partial charge in [-0.25, -0.2) is 0 Å². The van der Waals surface area contributed by atoms with Crippen LogP contribution in [0.2, 0.25) is 0 Å². The van der Waals surface area contributed by atoms with Crippen LogP contribution in [-0.4, -0.2) is 23.9 Å². The number of benzene rings is 1.